The maximum Gasteiger partial charge on any atom is 0.233 e. The molecule has 1 aliphatic rings. The number of hydrogen-bond donors (Lipinski definition) is 1. The van der Waals surface area contributed by atoms with Gasteiger partial charge in [-0.15, -0.1) is 0 Å². The fourth-order valence-corrected chi connectivity index (χ4v) is 3.77. The number of thioether (sulfide) groups is 1. The minimum Gasteiger partial charge on any atom is -0.351 e. The predicted octanol–water partition coefficient (Wildman–Crippen LogP) is 2.29. The molecule has 1 fully saturated rings. The van der Waals surface area contributed by atoms with Crippen LogP contribution in [0.4, 0.5) is 0 Å². The minimum absolute atomic E-state index is 0.0922. The van der Waals surface area contributed by atoms with Crippen molar-refractivity contribution in [1.82, 2.24) is 19.8 Å². The van der Waals surface area contributed by atoms with Gasteiger partial charge in [0.2, 0.25) is 5.91 Å². The molecule has 24 heavy (non-hydrogen) atoms. The van der Waals surface area contributed by atoms with Crippen LogP contribution in [0.25, 0.3) is 0 Å². The number of carbonyl (C=O) groups excluding carboxylic acids is 1. The van der Waals surface area contributed by atoms with Crippen molar-refractivity contribution in [1.29, 1.82) is 0 Å². The molecule has 128 valence electrons. The van der Waals surface area contributed by atoms with Crippen LogP contribution in [0, 0.1) is 0 Å². The van der Waals surface area contributed by atoms with Crippen LogP contribution in [0.2, 0.25) is 0 Å². The Kier molecular flexibility index (Phi) is 5.58. The highest BCUT2D eigenvalue weighted by atomic mass is 32.2. The molecule has 1 N–H and O–H groups in total. The molecule has 2 unspecified atom stereocenters. The molecular formula is C18H24N4OS. The number of carbonyl (C=O) groups is 1. The highest BCUT2D eigenvalue weighted by Crippen LogP contribution is 2.21. The highest BCUT2D eigenvalue weighted by Gasteiger charge is 2.26. The number of nitrogens with one attached hydrogen (secondary N) is 1. The van der Waals surface area contributed by atoms with Gasteiger partial charge in [0.1, 0.15) is 0 Å². The van der Waals surface area contributed by atoms with Gasteiger partial charge in [-0.25, -0.2) is 4.98 Å². The summed E-state index contributed by atoms with van der Waals surface area (Å²) >= 11 is 1.50. The van der Waals surface area contributed by atoms with Gasteiger partial charge in [-0.3, -0.25) is 9.69 Å². The number of hydrogen-bond acceptors (Lipinski definition) is 4. The van der Waals surface area contributed by atoms with Crippen LogP contribution in [-0.4, -0.2) is 44.7 Å². The Morgan fingerprint density at radius 3 is 2.92 bits per heavy atom. The molecule has 1 aromatic heterocycles. The van der Waals surface area contributed by atoms with Gasteiger partial charge in [-0.1, -0.05) is 42.1 Å². The number of rotatable bonds is 6. The molecule has 1 saturated heterocycles. The molecule has 1 aromatic carbocycles. The first kappa shape index (κ1) is 17.0. The Hall–Kier alpha value is -1.79. The Morgan fingerprint density at radius 2 is 2.21 bits per heavy atom. The first-order valence-electron chi connectivity index (χ1n) is 8.32. The molecular weight excluding hydrogens is 320 g/mol. The molecule has 2 aromatic rings. The summed E-state index contributed by atoms with van der Waals surface area (Å²) in [7, 11) is 1.94. The summed E-state index contributed by atoms with van der Waals surface area (Å²) in [5.74, 6) is 0.0922. The summed E-state index contributed by atoms with van der Waals surface area (Å²) in [6.07, 6.45) is 4.66. The van der Waals surface area contributed by atoms with Crippen LogP contribution in [0.15, 0.2) is 47.9 Å². The number of aromatic nitrogens is 2. The van der Waals surface area contributed by atoms with E-state index in [1.807, 2.05) is 30.8 Å². The van der Waals surface area contributed by atoms with Crippen molar-refractivity contribution < 1.29 is 4.79 Å². The van der Waals surface area contributed by atoms with Crippen molar-refractivity contribution in [2.24, 2.45) is 7.05 Å². The third-order valence-corrected chi connectivity index (χ3v) is 5.47. The average molecular weight is 344 g/mol. The topological polar surface area (TPSA) is 50.2 Å². The maximum atomic E-state index is 12.4. The number of benzene rings is 1. The highest BCUT2D eigenvalue weighted by molar-refractivity contribution is 8.00. The molecule has 3 rings (SSSR count). The van der Waals surface area contributed by atoms with Gasteiger partial charge < -0.3 is 9.88 Å². The standard InChI is InChI=1S/C18H24N4OS/c1-14(24-18-19-9-11-21(18)2)17(23)20-16-8-10-22(13-16)12-15-6-4-3-5-7-15/h3-7,9,11,14,16H,8,10,12-13H2,1-2H3,(H,20,23). The van der Waals surface area contributed by atoms with Gasteiger partial charge in [-0.05, 0) is 18.9 Å². The molecule has 1 amide bonds. The monoisotopic (exact) mass is 344 g/mol. The van der Waals surface area contributed by atoms with Crippen LogP contribution < -0.4 is 5.32 Å². The average Bonchev–Trinajstić information content (AvgIpc) is 3.18. The fraction of sp³-hybridized carbons (Fsp3) is 0.444. The van der Waals surface area contributed by atoms with Gasteiger partial charge in [0.05, 0.1) is 5.25 Å². The Labute approximate surface area is 147 Å². The lowest BCUT2D eigenvalue weighted by Crippen LogP contribution is -2.40. The van der Waals surface area contributed by atoms with Crippen LogP contribution in [-0.2, 0) is 18.4 Å². The van der Waals surface area contributed by atoms with Crippen molar-refractivity contribution in [2.45, 2.75) is 36.3 Å². The van der Waals surface area contributed by atoms with E-state index in [0.717, 1.165) is 31.2 Å². The van der Waals surface area contributed by atoms with Crippen molar-refractivity contribution >= 4 is 17.7 Å². The van der Waals surface area contributed by atoms with Crippen LogP contribution >= 0.6 is 11.8 Å². The number of aryl methyl sites for hydroxylation is 1. The second-order valence-corrected chi connectivity index (χ2v) is 7.60. The number of imidazole rings is 1. The third kappa shape index (κ3) is 4.39. The number of amides is 1. The Bertz CT molecular complexity index is 673. The molecule has 0 spiro atoms. The summed E-state index contributed by atoms with van der Waals surface area (Å²) in [6.45, 7) is 4.83. The van der Waals surface area contributed by atoms with Crippen LogP contribution in [0.5, 0.6) is 0 Å². The molecule has 2 atom stereocenters. The summed E-state index contributed by atoms with van der Waals surface area (Å²) in [4.78, 5) is 19.1. The Morgan fingerprint density at radius 1 is 1.42 bits per heavy atom. The van der Waals surface area contributed by atoms with E-state index in [1.54, 1.807) is 6.20 Å². The van der Waals surface area contributed by atoms with Gasteiger partial charge >= 0.3 is 0 Å². The summed E-state index contributed by atoms with van der Waals surface area (Å²) in [5, 5.41) is 3.91. The van der Waals surface area contributed by atoms with Gasteiger partial charge in [-0.2, -0.15) is 0 Å². The second-order valence-electron chi connectivity index (χ2n) is 6.30. The lowest BCUT2D eigenvalue weighted by molar-refractivity contribution is -0.120. The van der Waals surface area contributed by atoms with Crippen LogP contribution in [0.3, 0.4) is 0 Å². The summed E-state index contributed by atoms with van der Waals surface area (Å²) < 4.78 is 1.94. The van der Waals surface area contributed by atoms with Crippen molar-refractivity contribution in [2.75, 3.05) is 13.1 Å². The molecule has 6 heteroatoms. The van der Waals surface area contributed by atoms with E-state index in [2.05, 4.69) is 39.5 Å². The second kappa shape index (κ2) is 7.85. The SMILES string of the molecule is CC(Sc1nccn1C)C(=O)NC1CCN(Cc2ccccc2)C1. The zero-order chi connectivity index (χ0) is 16.9. The lowest BCUT2D eigenvalue weighted by atomic mass is 10.2. The van der Waals surface area contributed by atoms with E-state index >= 15 is 0 Å². The molecule has 1 aliphatic heterocycles. The number of nitrogens with zero attached hydrogens (tertiary/aromatic N) is 3. The maximum absolute atomic E-state index is 12.4. The van der Waals surface area contributed by atoms with E-state index in [9.17, 15) is 4.79 Å². The molecule has 0 aliphatic carbocycles. The molecule has 5 nitrogen and oxygen atoms in total. The first-order chi connectivity index (χ1) is 11.6. The van der Waals surface area contributed by atoms with Gasteiger partial charge in [0.25, 0.3) is 0 Å². The summed E-state index contributed by atoms with van der Waals surface area (Å²) in [6, 6.07) is 10.7. The van der Waals surface area contributed by atoms with Crippen molar-refractivity contribution in [3.05, 3.63) is 48.3 Å². The van der Waals surface area contributed by atoms with E-state index in [-0.39, 0.29) is 17.2 Å². The van der Waals surface area contributed by atoms with Gasteiger partial charge in [0, 0.05) is 45.1 Å². The minimum atomic E-state index is -0.144. The Balaban J connectivity index is 1.46. The van der Waals surface area contributed by atoms with E-state index in [0.29, 0.717) is 0 Å². The first-order valence-corrected chi connectivity index (χ1v) is 9.20. The smallest absolute Gasteiger partial charge is 0.233 e. The van der Waals surface area contributed by atoms with Crippen molar-refractivity contribution in [3.8, 4) is 0 Å². The van der Waals surface area contributed by atoms with E-state index in [1.165, 1.54) is 17.3 Å². The molecule has 0 bridgehead atoms. The lowest BCUT2D eigenvalue weighted by Gasteiger charge is -2.18. The third-order valence-electron chi connectivity index (χ3n) is 4.30. The van der Waals surface area contributed by atoms with Crippen LogP contribution in [0.1, 0.15) is 18.9 Å². The zero-order valence-electron chi connectivity index (χ0n) is 14.2. The predicted molar refractivity (Wildman–Crippen MR) is 96.8 cm³/mol. The van der Waals surface area contributed by atoms with E-state index < -0.39 is 0 Å². The fourth-order valence-electron chi connectivity index (χ4n) is 2.93. The zero-order valence-corrected chi connectivity index (χ0v) is 15.0. The quantitative estimate of drug-likeness (QED) is 0.817. The molecule has 2 heterocycles. The van der Waals surface area contributed by atoms with Crippen molar-refractivity contribution in [3.63, 3.8) is 0 Å². The molecule has 0 radical (unpaired) electrons. The largest absolute Gasteiger partial charge is 0.351 e. The van der Waals surface area contributed by atoms with Gasteiger partial charge in [0.15, 0.2) is 5.16 Å². The van der Waals surface area contributed by atoms with E-state index in [4.69, 9.17) is 0 Å². The molecule has 0 saturated carbocycles. The summed E-state index contributed by atoms with van der Waals surface area (Å²) in [5.41, 5.74) is 1.32. The number of likely N-dealkylation sites (tertiary alicyclic amines) is 1. The normalized spacial score (nSPS) is 19.3.